The third-order valence-corrected chi connectivity index (χ3v) is 5.13. The summed E-state index contributed by atoms with van der Waals surface area (Å²) in [7, 11) is 0. The maximum atomic E-state index is 12.0. The average Bonchev–Trinajstić information content (AvgIpc) is 3.09. The zero-order chi connectivity index (χ0) is 19.1. The van der Waals surface area contributed by atoms with Crippen molar-refractivity contribution in [1.29, 1.82) is 0 Å². The number of nitrogens with zero attached hydrogens (tertiary/aromatic N) is 1. The SMILES string of the molecule is O=C(CCNC(=O)c1ccc(Cl)cc1)Nc1cc(CC2CCCCC2)[nH]n1. The van der Waals surface area contributed by atoms with Crippen molar-refractivity contribution in [3.8, 4) is 0 Å². The Labute approximate surface area is 164 Å². The Morgan fingerprint density at radius 3 is 2.63 bits per heavy atom. The van der Waals surface area contributed by atoms with Gasteiger partial charge in [0, 0.05) is 35.3 Å². The van der Waals surface area contributed by atoms with E-state index in [9.17, 15) is 9.59 Å². The molecule has 1 saturated carbocycles. The number of halogens is 1. The van der Waals surface area contributed by atoms with E-state index in [0.29, 0.717) is 22.3 Å². The first kappa shape index (κ1) is 19.4. The molecular weight excluding hydrogens is 364 g/mol. The van der Waals surface area contributed by atoms with E-state index in [1.54, 1.807) is 24.3 Å². The van der Waals surface area contributed by atoms with Gasteiger partial charge >= 0.3 is 0 Å². The molecule has 3 N–H and O–H groups in total. The third kappa shape index (κ3) is 6.10. The first-order chi connectivity index (χ1) is 13.1. The summed E-state index contributed by atoms with van der Waals surface area (Å²) in [6, 6.07) is 8.51. The highest BCUT2D eigenvalue weighted by Gasteiger charge is 2.15. The van der Waals surface area contributed by atoms with E-state index in [2.05, 4.69) is 20.8 Å². The summed E-state index contributed by atoms with van der Waals surface area (Å²) in [4.78, 5) is 24.0. The van der Waals surface area contributed by atoms with Gasteiger partial charge in [0.15, 0.2) is 5.82 Å². The van der Waals surface area contributed by atoms with Crippen LogP contribution in [-0.4, -0.2) is 28.6 Å². The lowest BCUT2D eigenvalue weighted by Crippen LogP contribution is -2.27. The molecule has 3 rings (SSSR count). The standard InChI is InChI=1S/C20H25ClN4O2/c21-16-8-6-15(7-9-16)20(27)22-11-10-19(26)23-18-13-17(24-25-18)12-14-4-2-1-3-5-14/h6-9,13-14H,1-5,10-12H2,(H,22,27)(H2,23,24,25,26). The lowest BCUT2D eigenvalue weighted by Gasteiger charge is -2.20. The molecule has 1 aliphatic carbocycles. The number of hydrogen-bond donors (Lipinski definition) is 3. The monoisotopic (exact) mass is 388 g/mol. The molecule has 144 valence electrons. The second kappa shape index (κ2) is 9.55. The highest BCUT2D eigenvalue weighted by atomic mass is 35.5. The molecule has 0 bridgehead atoms. The van der Waals surface area contributed by atoms with Gasteiger partial charge in [0.2, 0.25) is 5.91 Å². The molecule has 1 fully saturated rings. The topological polar surface area (TPSA) is 86.9 Å². The predicted octanol–water partition coefficient (Wildman–Crippen LogP) is 3.94. The zero-order valence-corrected chi connectivity index (χ0v) is 16.0. The van der Waals surface area contributed by atoms with Gasteiger partial charge in [-0.05, 0) is 36.6 Å². The summed E-state index contributed by atoms with van der Waals surface area (Å²) in [5, 5.41) is 13.2. The molecule has 7 heteroatoms. The molecule has 2 amide bonds. The Morgan fingerprint density at radius 2 is 1.89 bits per heavy atom. The van der Waals surface area contributed by atoms with E-state index in [-0.39, 0.29) is 24.8 Å². The molecule has 0 unspecified atom stereocenters. The molecule has 2 aromatic rings. The second-order valence-corrected chi connectivity index (χ2v) is 7.48. The van der Waals surface area contributed by atoms with Crippen LogP contribution in [-0.2, 0) is 11.2 Å². The van der Waals surface area contributed by atoms with Crippen molar-refractivity contribution >= 4 is 29.2 Å². The van der Waals surface area contributed by atoms with Crippen LogP contribution in [0.4, 0.5) is 5.82 Å². The Morgan fingerprint density at radius 1 is 1.15 bits per heavy atom. The number of rotatable bonds is 7. The van der Waals surface area contributed by atoms with Gasteiger partial charge in [0.25, 0.3) is 5.91 Å². The molecule has 6 nitrogen and oxygen atoms in total. The zero-order valence-electron chi connectivity index (χ0n) is 15.3. The number of anilines is 1. The summed E-state index contributed by atoms with van der Waals surface area (Å²) >= 11 is 5.80. The Balaban J connectivity index is 1.39. The van der Waals surface area contributed by atoms with Gasteiger partial charge in [0.1, 0.15) is 0 Å². The molecule has 27 heavy (non-hydrogen) atoms. The highest BCUT2D eigenvalue weighted by molar-refractivity contribution is 6.30. The Kier molecular flexibility index (Phi) is 6.87. The van der Waals surface area contributed by atoms with Gasteiger partial charge in [-0.1, -0.05) is 43.7 Å². The van der Waals surface area contributed by atoms with Crippen molar-refractivity contribution in [2.45, 2.75) is 44.9 Å². The van der Waals surface area contributed by atoms with Crippen molar-refractivity contribution < 1.29 is 9.59 Å². The van der Waals surface area contributed by atoms with Crippen molar-refractivity contribution in [1.82, 2.24) is 15.5 Å². The summed E-state index contributed by atoms with van der Waals surface area (Å²) in [6.45, 7) is 0.257. The lowest BCUT2D eigenvalue weighted by atomic mass is 9.86. The van der Waals surface area contributed by atoms with E-state index in [1.165, 1.54) is 32.1 Å². The number of carbonyl (C=O) groups excluding carboxylic acids is 2. The summed E-state index contributed by atoms with van der Waals surface area (Å²) in [6.07, 6.45) is 7.68. The van der Waals surface area contributed by atoms with Crippen LogP contribution < -0.4 is 10.6 Å². The number of aromatic amines is 1. The van der Waals surface area contributed by atoms with Crippen molar-refractivity contribution in [3.05, 3.63) is 46.6 Å². The van der Waals surface area contributed by atoms with Crippen LogP contribution in [0, 0.1) is 5.92 Å². The van der Waals surface area contributed by atoms with Crippen LogP contribution in [0.3, 0.4) is 0 Å². The molecule has 1 heterocycles. The minimum atomic E-state index is -0.228. The molecule has 1 aromatic carbocycles. The van der Waals surface area contributed by atoms with E-state index < -0.39 is 0 Å². The first-order valence-corrected chi connectivity index (χ1v) is 9.86. The normalized spacial score (nSPS) is 14.7. The smallest absolute Gasteiger partial charge is 0.251 e. The lowest BCUT2D eigenvalue weighted by molar-refractivity contribution is -0.116. The molecule has 0 spiro atoms. The van der Waals surface area contributed by atoms with Crippen molar-refractivity contribution in [2.24, 2.45) is 5.92 Å². The molecule has 1 aliphatic rings. The number of hydrogen-bond acceptors (Lipinski definition) is 3. The van der Waals surface area contributed by atoms with E-state index in [0.717, 1.165) is 12.1 Å². The van der Waals surface area contributed by atoms with Gasteiger partial charge in [-0.15, -0.1) is 0 Å². The first-order valence-electron chi connectivity index (χ1n) is 9.48. The van der Waals surface area contributed by atoms with E-state index in [1.807, 2.05) is 6.07 Å². The predicted molar refractivity (Wildman–Crippen MR) is 106 cm³/mol. The fraction of sp³-hybridized carbons (Fsp3) is 0.450. The summed E-state index contributed by atoms with van der Waals surface area (Å²) in [5.74, 6) is 0.844. The third-order valence-electron chi connectivity index (χ3n) is 4.88. The summed E-state index contributed by atoms with van der Waals surface area (Å²) in [5.41, 5.74) is 1.58. The second-order valence-electron chi connectivity index (χ2n) is 7.05. The molecular formula is C20H25ClN4O2. The van der Waals surface area contributed by atoms with Crippen molar-refractivity contribution in [2.75, 3.05) is 11.9 Å². The van der Waals surface area contributed by atoms with Crippen LogP contribution in [0.25, 0.3) is 0 Å². The number of nitrogens with one attached hydrogen (secondary N) is 3. The maximum Gasteiger partial charge on any atom is 0.251 e. The fourth-order valence-electron chi connectivity index (χ4n) is 3.43. The largest absolute Gasteiger partial charge is 0.352 e. The van der Waals surface area contributed by atoms with Crippen molar-refractivity contribution in [3.63, 3.8) is 0 Å². The van der Waals surface area contributed by atoms with E-state index >= 15 is 0 Å². The highest BCUT2D eigenvalue weighted by Crippen LogP contribution is 2.26. The number of benzene rings is 1. The minimum absolute atomic E-state index is 0.179. The molecule has 0 radical (unpaired) electrons. The van der Waals surface area contributed by atoms with Gasteiger partial charge in [0.05, 0.1) is 0 Å². The van der Waals surface area contributed by atoms with E-state index in [4.69, 9.17) is 11.6 Å². The van der Waals surface area contributed by atoms with Gasteiger partial charge in [-0.2, -0.15) is 5.10 Å². The fourth-order valence-corrected chi connectivity index (χ4v) is 3.56. The Bertz CT molecular complexity index is 767. The summed E-state index contributed by atoms with van der Waals surface area (Å²) < 4.78 is 0. The quantitative estimate of drug-likeness (QED) is 0.671. The van der Waals surface area contributed by atoms with Gasteiger partial charge < -0.3 is 10.6 Å². The molecule has 0 aliphatic heterocycles. The molecule has 0 saturated heterocycles. The van der Waals surface area contributed by atoms with Crippen LogP contribution in [0.15, 0.2) is 30.3 Å². The van der Waals surface area contributed by atoms with Gasteiger partial charge in [-0.3, -0.25) is 14.7 Å². The number of carbonyl (C=O) groups is 2. The number of amides is 2. The minimum Gasteiger partial charge on any atom is -0.352 e. The molecule has 0 atom stereocenters. The number of aromatic nitrogens is 2. The average molecular weight is 389 g/mol. The molecule has 1 aromatic heterocycles. The van der Waals surface area contributed by atoms with Crippen LogP contribution in [0.1, 0.15) is 54.6 Å². The van der Waals surface area contributed by atoms with Gasteiger partial charge in [-0.25, -0.2) is 0 Å². The van der Waals surface area contributed by atoms with Crippen LogP contribution in [0.2, 0.25) is 5.02 Å². The number of H-pyrrole nitrogens is 1. The maximum absolute atomic E-state index is 12.0. The van der Waals surface area contributed by atoms with Crippen LogP contribution >= 0.6 is 11.6 Å². The Hall–Kier alpha value is -2.34. The van der Waals surface area contributed by atoms with Crippen LogP contribution in [0.5, 0.6) is 0 Å².